The Kier molecular flexibility index (Phi) is 4.37. The number of aromatic nitrogens is 1. The van der Waals surface area contributed by atoms with Crippen molar-refractivity contribution in [2.45, 2.75) is 0 Å². The van der Waals surface area contributed by atoms with Crippen molar-refractivity contribution in [3.63, 3.8) is 0 Å². The van der Waals surface area contributed by atoms with Crippen LogP contribution in [0, 0.1) is 11.3 Å². The summed E-state index contributed by atoms with van der Waals surface area (Å²) in [7, 11) is 1.60. The number of benzene rings is 1. The van der Waals surface area contributed by atoms with Gasteiger partial charge in [-0.3, -0.25) is 10.1 Å². The van der Waals surface area contributed by atoms with Gasteiger partial charge in [0, 0.05) is 4.88 Å². The Bertz CT molecular complexity index is 921. The minimum atomic E-state index is -0.466. The van der Waals surface area contributed by atoms with Crippen LogP contribution in [0.5, 0.6) is 5.75 Å². The third-order valence-electron chi connectivity index (χ3n) is 3.01. The standard InChI is InChI=1S/C16H11N3O2S2/c1-21-11-4-5-13-14(8-11)23-16(18-13)19-15(20)10(9-17)7-12-3-2-6-22-12/h2-8H,1H3,(H,18,19,20). The maximum absolute atomic E-state index is 12.2. The molecule has 0 bridgehead atoms. The first-order valence-corrected chi connectivity index (χ1v) is 8.30. The summed E-state index contributed by atoms with van der Waals surface area (Å²) in [5.41, 5.74) is 0.816. The molecule has 0 unspecified atom stereocenters. The molecule has 1 aromatic carbocycles. The molecule has 114 valence electrons. The lowest BCUT2D eigenvalue weighted by atomic mass is 10.2. The monoisotopic (exact) mass is 341 g/mol. The van der Waals surface area contributed by atoms with E-state index < -0.39 is 5.91 Å². The predicted octanol–water partition coefficient (Wildman–Crippen LogP) is 3.91. The third-order valence-corrected chi connectivity index (χ3v) is 4.76. The molecule has 3 rings (SSSR count). The molecule has 3 aromatic rings. The van der Waals surface area contributed by atoms with Crippen LogP contribution in [-0.4, -0.2) is 18.0 Å². The number of hydrogen-bond acceptors (Lipinski definition) is 6. The number of hydrogen-bond donors (Lipinski definition) is 1. The maximum Gasteiger partial charge on any atom is 0.268 e. The number of amides is 1. The van der Waals surface area contributed by atoms with Crippen molar-refractivity contribution in [1.29, 1.82) is 5.26 Å². The van der Waals surface area contributed by atoms with E-state index in [2.05, 4.69) is 10.3 Å². The lowest BCUT2D eigenvalue weighted by Gasteiger charge is -1.98. The van der Waals surface area contributed by atoms with Gasteiger partial charge in [0.1, 0.15) is 17.4 Å². The van der Waals surface area contributed by atoms with Crippen LogP contribution < -0.4 is 10.1 Å². The van der Waals surface area contributed by atoms with Gasteiger partial charge >= 0.3 is 0 Å². The van der Waals surface area contributed by atoms with E-state index in [0.717, 1.165) is 20.8 Å². The molecule has 7 heteroatoms. The van der Waals surface area contributed by atoms with Crippen LogP contribution in [0.3, 0.4) is 0 Å². The molecule has 0 aliphatic heterocycles. The zero-order valence-electron chi connectivity index (χ0n) is 12.1. The zero-order valence-corrected chi connectivity index (χ0v) is 13.7. The quantitative estimate of drug-likeness (QED) is 0.576. The van der Waals surface area contributed by atoms with E-state index in [4.69, 9.17) is 4.74 Å². The highest BCUT2D eigenvalue weighted by molar-refractivity contribution is 7.22. The molecule has 0 spiro atoms. The van der Waals surface area contributed by atoms with Crippen LogP contribution in [0.1, 0.15) is 4.88 Å². The lowest BCUT2D eigenvalue weighted by Crippen LogP contribution is -2.13. The Morgan fingerprint density at radius 1 is 1.43 bits per heavy atom. The van der Waals surface area contributed by atoms with Crippen LogP contribution in [0.4, 0.5) is 5.13 Å². The Morgan fingerprint density at radius 3 is 3.00 bits per heavy atom. The van der Waals surface area contributed by atoms with Gasteiger partial charge in [-0.05, 0) is 35.7 Å². The van der Waals surface area contributed by atoms with Gasteiger partial charge in [0.15, 0.2) is 5.13 Å². The molecular formula is C16H11N3O2S2. The van der Waals surface area contributed by atoms with E-state index in [-0.39, 0.29) is 5.57 Å². The molecule has 0 aliphatic carbocycles. The van der Waals surface area contributed by atoms with Gasteiger partial charge in [-0.1, -0.05) is 17.4 Å². The Balaban J connectivity index is 1.83. The third kappa shape index (κ3) is 3.39. The normalized spacial score (nSPS) is 11.2. The van der Waals surface area contributed by atoms with E-state index >= 15 is 0 Å². The Hall–Kier alpha value is -2.69. The number of thiophene rings is 1. The van der Waals surface area contributed by atoms with Crippen molar-refractivity contribution in [3.8, 4) is 11.8 Å². The fourth-order valence-corrected chi connectivity index (χ4v) is 3.46. The summed E-state index contributed by atoms with van der Waals surface area (Å²) in [5.74, 6) is 0.265. The number of rotatable bonds is 4. The first-order chi connectivity index (χ1) is 11.2. The fourth-order valence-electron chi connectivity index (χ4n) is 1.91. The van der Waals surface area contributed by atoms with Crippen molar-refractivity contribution < 1.29 is 9.53 Å². The molecule has 23 heavy (non-hydrogen) atoms. The van der Waals surface area contributed by atoms with Crippen molar-refractivity contribution >= 4 is 50.0 Å². The summed E-state index contributed by atoms with van der Waals surface area (Å²) >= 11 is 2.80. The number of nitriles is 1. The predicted molar refractivity (Wildman–Crippen MR) is 92.7 cm³/mol. The largest absolute Gasteiger partial charge is 0.497 e. The highest BCUT2D eigenvalue weighted by Crippen LogP contribution is 2.29. The van der Waals surface area contributed by atoms with Crippen molar-refractivity contribution in [3.05, 3.63) is 46.2 Å². The summed E-state index contributed by atoms with van der Waals surface area (Å²) in [6, 6.07) is 11.1. The molecule has 0 saturated carbocycles. The minimum absolute atomic E-state index is 0.0456. The van der Waals surface area contributed by atoms with Gasteiger partial charge < -0.3 is 4.74 Å². The van der Waals surface area contributed by atoms with Crippen LogP contribution in [-0.2, 0) is 4.79 Å². The second-order valence-corrected chi connectivity index (χ2v) is 6.50. The number of anilines is 1. The van der Waals surface area contributed by atoms with Crippen molar-refractivity contribution in [1.82, 2.24) is 4.98 Å². The van der Waals surface area contributed by atoms with E-state index in [0.29, 0.717) is 5.13 Å². The van der Waals surface area contributed by atoms with E-state index in [1.807, 2.05) is 41.8 Å². The lowest BCUT2D eigenvalue weighted by molar-refractivity contribution is -0.112. The van der Waals surface area contributed by atoms with E-state index in [1.165, 1.54) is 22.7 Å². The molecule has 2 aromatic heterocycles. The number of thiazole rings is 1. The summed E-state index contributed by atoms with van der Waals surface area (Å²) in [6.07, 6.45) is 1.57. The second-order valence-electron chi connectivity index (χ2n) is 4.49. The van der Waals surface area contributed by atoms with Gasteiger partial charge in [0.2, 0.25) is 0 Å². The summed E-state index contributed by atoms with van der Waals surface area (Å²) in [4.78, 5) is 17.4. The van der Waals surface area contributed by atoms with Crippen molar-refractivity contribution in [2.75, 3.05) is 12.4 Å². The van der Waals surface area contributed by atoms with Gasteiger partial charge in [-0.15, -0.1) is 11.3 Å². The van der Waals surface area contributed by atoms with Crippen LogP contribution in [0.2, 0.25) is 0 Å². The van der Waals surface area contributed by atoms with Gasteiger partial charge in [-0.2, -0.15) is 5.26 Å². The van der Waals surface area contributed by atoms with Crippen LogP contribution in [0.15, 0.2) is 41.3 Å². The minimum Gasteiger partial charge on any atom is -0.497 e. The number of ether oxygens (including phenoxy) is 1. The molecule has 0 radical (unpaired) electrons. The molecule has 0 aliphatic rings. The zero-order chi connectivity index (χ0) is 16.2. The summed E-state index contributed by atoms with van der Waals surface area (Å²) in [5, 5.41) is 14.2. The second kappa shape index (κ2) is 6.60. The summed E-state index contributed by atoms with van der Waals surface area (Å²) in [6.45, 7) is 0. The maximum atomic E-state index is 12.2. The smallest absolute Gasteiger partial charge is 0.268 e. The molecule has 0 atom stereocenters. The van der Waals surface area contributed by atoms with Gasteiger partial charge in [0.05, 0.1) is 17.3 Å². The van der Waals surface area contributed by atoms with Crippen LogP contribution in [0.25, 0.3) is 16.3 Å². The van der Waals surface area contributed by atoms with Crippen LogP contribution >= 0.6 is 22.7 Å². The Labute approximate surface area is 140 Å². The average Bonchev–Trinajstić information content (AvgIpc) is 3.20. The molecule has 1 N–H and O–H groups in total. The fraction of sp³-hybridized carbons (Fsp3) is 0.0625. The first-order valence-electron chi connectivity index (χ1n) is 6.61. The molecule has 5 nitrogen and oxygen atoms in total. The molecule has 0 saturated heterocycles. The number of methoxy groups -OCH3 is 1. The Morgan fingerprint density at radius 2 is 2.30 bits per heavy atom. The molecule has 2 heterocycles. The summed E-state index contributed by atoms with van der Waals surface area (Å²) < 4.78 is 6.07. The molecule has 1 amide bonds. The number of carbonyl (C=O) groups is 1. The number of carbonyl (C=O) groups excluding carboxylic acids is 1. The highest BCUT2D eigenvalue weighted by Gasteiger charge is 2.13. The SMILES string of the molecule is COc1ccc2nc(NC(=O)C(C#N)=Cc3cccs3)sc2c1. The topological polar surface area (TPSA) is 75.0 Å². The number of nitrogens with one attached hydrogen (secondary N) is 1. The average molecular weight is 341 g/mol. The van der Waals surface area contributed by atoms with Crippen molar-refractivity contribution in [2.24, 2.45) is 0 Å². The van der Waals surface area contributed by atoms with Gasteiger partial charge in [0.25, 0.3) is 5.91 Å². The highest BCUT2D eigenvalue weighted by atomic mass is 32.1. The van der Waals surface area contributed by atoms with Gasteiger partial charge in [-0.25, -0.2) is 4.98 Å². The van der Waals surface area contributed by atoms with E-state index in [9.17, 15) is 10.1 Å². The van der Waals surface area contributed by atoms with E-state index in [1.54, 1.807) is 13.2 Å². The molecule has 0 fully saturated rings. The first kappa shape index (κ1) is 15.2. The molecular weight excluding hydrogens is 330 g/mol. The number of nitrogens with zero attached hydrogens (tertiary/aromatic N) is 2. The number of fused-ring (bicyclic) bond motifs is 1.